The van der Waals surface area contributed by atoms with Gasteiger partial charge in [-0.1, -0.05) is 43.7 Å². The standard InChI is InChI=1S/C16H21N3O/c1-11(2)10-19-15(20)9-8-14(18-19)16(17)13-6-4-12(3)5-7-13/h4-9,11,16H,10,17H2,1-3H3. The van der Waals surface area contributed by atoms with Gasteiger partial charge < -0.3 is 5.73 Å². The highest BCUT2D eigenvalue weighted by Gasteiger charge is 2.12. The summed E-state index contributed by atoms with van der Waals surface area (Å²) in [6, 6.07) is 11.0. The van der Waals surface area contributed by atoms with E-state index in [2.05, 4.69) is 18.9 Å². The van der Waals surface area contributed by atoms with E-state index in [4.69, 9.17) is 5.73 Å². The van der Waals surface area contributed by atoms with Crippen LogP contribution in [0.5, 0.6) is 0 Å². The van der Waals surface area contributed by atoms with Crippen LogP contribution in [0.15, 0.2) is 41.2 Å². The van der Waals surface area contributed by atoms with E-state index < -0.39 is 0 Å². The number of aryl methyl sites for hydroxylation is 1. The molecule has 0 saturated heterocycles. The first-order valence-corrected chi connectivity index (χ1v) is 6.87. The van der Waals surface area contributed by atoms with Gasteiger partial charge in [-0.05, 0) is 24.5 Å². The first-order chi connectivity index (χ1) is 9.47. The molecule has 0 aliphatic heterocycles. The van der Waals surface area contributed by atoms with Gasteiger partial charge in [0.05, 0.1) is 11.7 Å². The molecule has 0 fully saturated rings. The minimum atomic E-state index is -0.311. The summed E-state index contributed by atoms with van der Waals surface area (Å²) in [5, 5.41) is 4.39. The lowest BCUT2D eigenvalue weighted by molar-refractivity contribution is 0.455. The molecular weight excluding hydrogens is 250 g/mol. The highest BCUT2D eigenvalue weighted by Crippen LogP contribution is 2.17. The van der Waals surface area contributed by atoms with Gasteiger partial charge in [0.2, 0.25) is 0 Å². The zero-order valence-electron chi connectivity index (χ0n) is 12.2. The number of benzene rings is 1. The third-order valence-electron chi connectivity index (χ3n) is 3.18. The average molecular weight is 271 g/mol. The Labute approximate surface area is 119 Å². The second-order valence-electron chi connectivity index (χ2n) is 5.56. The molecule has 1 atom stereocenters. The van der Waals surface area contributed by atoms with Gasteiger partial charge >= 0.3 is 0 Å². The molecule has 1 unspecified atom stereocenters. The maximum atomic E-state index is 11.8. The monoisotopic (exact) mass is 271 g/mol. The molecule has 4 nitrogen and oxygen atoms in total. The topological polar surface area (TPSA) is 60.9 Å². The van der Waals surface area contributed by atoms with Crippen molar-refractivity contribution in [3.05, 3.63) is 63.6 Å². The van der Waals surface area contributed by atoms with Crippen LogP contribution >= 0.6 is 0 Å². The van der Waals surface area contributed by atoms with Gasteiger partial charge in [-0.2, -0.15) is 5.10 Å². The van der Waals surface area contributed by atoms with Crippen LogP contribution in [0.2, 0.25) is 0 Å². The molecule has 0 amide bonds. The van der Waals surface area contributed by atoms with Crippen LogP contribution in [0.3, 0.4) is 0 Å². The summed E-state index contributed by atoms with van der Waals surface area (Å²) < 4.78 is 1.49. The number of hydrogen-bond acceptors (Lipinski definition) is 3. The fraction of sp³-hybridized carbons (Fsp3) is 0.375. The van der Waals surface area contributed by atoms with Gasteiger partial charge in [0.15, 0.2) is 0 Å². The van der Waals surface area contributed by atoms with Crippen LogP contribution in [-0.2, 0) is 6.54 Å². The van der Waals surface area contributed by atoms with E-state index in [-0.39, 0.29) is 11.6 Å². The van der Waals surface area contributed by atoms with E-state index in [9.17, 15) is 4.79 Å². The van der Waals surface area contributed by atoms with Crippen LogP contribution < -0.4 is 11.3 Å². The molecule has 2 N–H and O–H groups in total. The molecule has 2 aromatic rings. The van der Waals surface area contributed by atoms with Crippen LogP contribution in [-0.4, -0.2) is 9.78 Å². The second kappa shape index (κ2) is 6.01. The summed E-state index contributed by atoms with van der Waals surface area (Å²) in [4.78, 5) is 11.8. The van der Waals surface area contributed by atoms with Crippen LogP contribution in [0, 0.1) is 12.8 Å². The molecule has 0 aliphatic carbocycles. The van der Waals surface area contributed by atoms with Crippen molar-refractivity contribution in [3.63, 3.8) is 0 Å². The van der Waals surface area contributed by atoms with Crippen molar-refractivity contribution in [3.8, 4) is 0 Å². The first-order valence-electron chi connectivity index (χ1n) is 6.87. The maximum Gasteiger partial charge on any atom is 0.266 e. The Kier molecular flexibility index (Phi) is 4.35. The summed E-state index contributed by atoms with van der Waals surface area (Å²) in [5.74, 6) is 0.367. The van der Waals surface area contributed by atoms with Gasteiger partial charge in [0, 0.05) is 12.6 Å². The molecule has 20 heavy (non-hydrogen) atoms. The van der Waals surface area contributed by atoms with Gasteiger partial charge in [0.25, 0.3) is 5.56 Å². The fourth-order valence-corrected chi connectivity index (χ4v) is 2.05. The maximum absolute atomic E-state index is 11.8. The molecule has 4 heteroatoms. The summed E-state index contributed by atoms with van der Waals surface area (Å²) in [6.45, 7) is 6.76. The smallest absolute Gasteiger partial charge is 0.266 e. The van der Waals surface area contributed by atoms with E-state index in [0.29, 0.717) is 18.2 Å². The Bertz CT molecular complexity index is 629. The van der Waals surface area contributed by atoms with Crippen molar-refractivity contribution < 1.29 is 0 Å². The summed E-state index contributed by atoms with van der Waals surface area (Å²) >= 11 is 0. The number of nitrogens with two attached hydrogens (primary N) is 1. The molecule has 0 bridgehead atoms. The normalized spacial score (nSPS) is 12.7. The Balaban J connectivity index is 2.32. The second-order valence-corrected chi connectivity index (χ2v) is 5.56. The lowest BCUT2D eigenvalue weighted by Gasteiger charge is -2.14. The largest absolute Gasteiger partial charge is 0.319 e. The van der Waals surface area contributed by atoms with Crippen LogP contribution in [0.4, 0.5) is 0 Å². The zero-order chi connectivity index (χ0) is 14.7. The van der Waals surface area contributed by atoms with Crippen molar-refractivity contribution in [2.45, 2.75) is 33.4 Å². The average Bonchev–Trinajstić information content (AvgIpc) is 2.41. The lowest BCUT2D eigenvalue weighted by Crippen LogP contribution is -2.27. The van der Waals surface area contributed by atoms with Crippen molar-refractivity contribution in [1.29, 1.82) is 0 Å². The quantitative estimate of drug-likeness (QED) is 0.927. The molecule has 1 aromatic heterocycles. The van der Waals surface area contributed by atoms with E-state index in [0.717, 1.165) is 5.56 Å². The number of rotatable bonds is 4. The molecule has 1 aromatic carbocycles. The van der Waals surface area contributed by atoms with E-state index >= 15 is 0 Å². The van der Waals surface area contributed by atoms with Crippen molar-refractivity contribution in [1.82, 2.24) is 9.78 Å². The Hall–Kier alpha value is -1.94. The van der Waals surface area contributed by atoms with Crippen molar-refractivity contribution in [2.24, 2.45) is 11.7 Å². The van der Waals surface area contributed by atoms with Crippen LogP contribution in [0.1, 0.15) is 36.7 Å². The third kappa shape index (κ3) is 3.33. The van der Waals surface area contributed by atoms with Crippen molar-refractivity contribution >= 4 is 0 Å². The number of hydrogen-bond donors (Lipinski definition) is 1. The minimum Gasteiger partial charge on any atom is -0.319 e. The molecule has 0 saturated carbocycles. The predicted octanol–water partition coefficient (Wildman–Crippen LogP) is 2.26. The first kappa shape index (κ1) is 14.5. The lowest BCUT2D eigenvalue weighted by atomic mass is 10.0. The molecule has 0 aliphatic rings. The number of aromatic nitrogens is 2. The van der Waals surface area contributed by atoms with Gasteiger partial charge in [-0.15, -0.1) is 0 Å². The summed E-state index contributed by atoms with van der Waals surface area (Å²) in [6.07, 6.45) is 0. The SMILES string of the molecule is Cc1ccc(C(N)c2ccc(=O)n(CC(C)C)n2)cc1. The van der Waals surface area contributed by atoms with Gasteiger partial charge in [-0.3, -0.25) is 4.79 Å². The van der Waals surface area contributed by atoms with Crippen molar-refractivity contribution in [2.75, 3.05) is 0 Å². The Morgan fingerprint density at radius 2 is 1.80 bits per heavy atom. The molecule has 0 spiro atoms. The zero-order valence-corrected chi connectivity index (χ0v) is 12.2. The van der Waals surface area contributed by atoms with Gasteiger partial charge in [0.1, 0.15) is 0 Å². The molecule has 106 valence electrons. The van der Waals surface area contributed by atoms with E-state index in [1.165, 1.54) is 10.2 Å². The highest BCUT2D eigenvalue weighted by molar-refractivity contribution is 5.29. The minimum absolute atomic E-state index is 0.0847. The molecule has 2 rings (SSSR count). The Morgan fingerprint density at radius 3 is 2.40 bits per heavy atom. The molecular formula is C16H21N3O. The number of nitrogens with zero attached hydrogens (tertiary/aromatic N) is 2. The fourth-order valence-electron chi connectivity index (χ4n) is 2.05. The Morgan fingerprint density at radius 1 is 1.15 bits per heavy atom. The third-order valence-corrected chi connectivity index (χ3v) is 3.18. The predicted molar refractivity (Wildman–Crippen MR) is 80.5 cm³/mol. The van der Waals surface area contributed by atoms with E-state index in [1.807, 2.05) is 31.2 Å². The summed E-state index contributed by atoms with van der Waals surface area (Å²) in [7, 11) is 0. The highest BCUT2D eigenvalue weighted by atomic mass is 16.1. The van der Waals surface area contributed by atoms with Crippen LogP contribution in [0.25, 0.3) is 0 Å². The molecule has 0 radical (unpaired) electrons. The van der Waals surface area contributed by atoms with E-state index in [1.54, 1.807) is 12.1 Å². The van der Waals surface area contributed by atoms with Gasteiger partial charge in [-0.25, -0.2) is 4.68 Å². The molecule has 1 heterocycles. The summed E-state index contributed by atoms with van der Waals surface area (Å²) in [5.41, 5.74) is 9.06.